The summed E-state index contributed by atoms with van der Waals surface area (Å²) in [7, 11) is 0. The van der Waals surface area contributed by atoms with Crippen LogP contribution in [0.15, 0.2) is 70.0 Å². The van der Waals surface area contributed by atoms with Crippen molar-refractivity contribution in [3.63, 3.8) is 0 Å². The van der Waals surface area contributed by atoms with Gasteiger partial charge in [-0.15, -0.1) is 0 Å². The van der Waals surface area contributed by atoms with E-state index in [4.69, 9.17) is 0 Å². The maximum absolute atomic E-state index is 12.8. The van der Waals surface area contributed by atoms with Crippen LogP contribution in [0.3, 0.4) is 0 Å². The quantitative estimate of drug-likeness (QED) is 0.481. The number of amides is 1. The van der Waals surface area contributed by atoms with E-state index in [1.165, 1.54) is 5.56 Å². The molecule has 0 heterocycles. The number of benzene rings is 2. The molecule has 0 radical (unpaired) electrons. The number of aryl methyl sites for hydroxylation is 1. The summed E-state index contributed by atoms with van der Waals surface area (Å²) >= 11 is 1.55. The molecule has 0 fully saturated rings. The van der Waals surface area contributed by atoms with Crippen molar-refractivity contribution in [1.29, 1.82) is 0 Å². The van der Waals surface area contributed by atoms with Gasteiger partial charge in [-0.05, 0) is 51.0 Å². The highest BCUT2D eigenvalue weighted by Crippen LogP contribution is 2.31. The van der Waals surface area contributed by atoms with Crippen LogP contribution < -0.4 is 5.32 Å². The Balaban J connectivity index is 2.20. The molecule has 2 aromatic carbocycles. The molecule has 24 heavy (non-hydrogen) atoms. The number of carbonyl (C=O) groups excluding carboxylic acids is 1. The minimum absolute atomic E-state index is 0.0266. The monoisotopic (exact) mass is 339 g/mol. The number of nitrogens with one attached hydrogen (secondary N) is 1. The Kier molecular flexibility index (Phi) is 7.13. The van der Waals surface area contributed by atoms with E-state index >= 15 is 0 Å². The molecule has 0 atom stereocenters. The lowest BCUT2D eigenvalue weighted by Gasteiger charge is -2.13. The van der Waals surface area contributed by atoms with Crippen molar-refractivity contribution in [2.75, 3.05) is 5.32 Å². The van der Waals surface area contributed by atoms with E-state index in [9.17, 15) is 4.79 Å². The molecule has 0 saturated heterocycles. The molecule has 0 aromatic heterocycles. The molecule has 2 aromatic rings. The Morgan fingerprint density at radius 1 is 1.04 bits per heavy atom. The second kappa shape index (κ2) is 9.33. The third kappa shape index (κ3) is 5.57. The zero-order valence-corrected chi connectivity index (χ0v) is 15.5. The Labute approximate surface area is 149 Å². The predicted octanol–water partition coefficient (Wildman–Crippen LogP) is 6.19. The summed E-state index contributed by atoms with van der Waals surface area (Å²) in [6.45, 7) is 6.27. The molecule has 0 aliphatic carbocycles. The fraction of sp³-hybridized carbons (Fsp3) is 0.286. The van der Waals surface area contributed by atoms with Crippen molar-refractivity contribution in [3.8, 4) is 0 Å². The third-order valence-corrected chi connectivity index (χ3v) is 5.02. The average Bonchev–Trinajstić information content (AvgIpc) is 2.60. The molecule has 1 amide bonds. The fourth-order valence-corrected chi connectivity index (χ4v) is 3.26. The largest absolute Gasteiger partial charge is 0.322 e. The number of unbranched alkanes of at least 4 members (excludes halogenated alkanes) is 1. The SMILES string of the molecule is CCCC/C(C)=C(\Sc1ccccc1)C(=O)Nc1ccc(C)cc1. The third-order valence-electron chi connectivity index (χ3n) is 3.77. The van der Waals surface area contributed by atoms with E-state index in [2.05, 4.69) is 19.2 Å². The van der Waals surface area contributed by atoms with Crippen LogP contribution >= 0.6 is 11.8 Å². The smallest absolute Gasteiger partial charge is 0.262 e. The van der Waals surface area contributed by atoms with Gasteiger partial charge in [0.05, 0.1) is 4.91 Å². The first-order valence-electron chi connectivity index (χ1n) is 8.41. The second-order valence-corrected chi connectivity index (χ2v) is 7.03. The number of hydrogen-bond donors (Lipinski definition) is 1. The van der Waals surface area contributed by atoms with Gasteiger partial charge >= 0.3 is 0 Å². The Morgan fingerprint density at radius 2 is 1.71 bits per heavy atom. The van der Waals surface area contributed by atoms with Crippen LogP contribution in [0, 0.1) is 6.92 Å². The van der Waals surface area contributed by atoms with E-state index in [0.717, 1.165) is 40.3 Å². The van der Waals surface area contributed by atoms with Crippen LogP contribution in [-0.4, -0.2) is 5.91 Å². The molecular formula is C21H25NOS. The van der Waals surface area contributed by atoms with Crippen molar-refractivity contribution in [3.05, 3.63) is 70.6 Å². The lowest BCUT2D eigenvalue weighted by atomic mass is 10.1. The van der Waals surface area contributed by atoms with Gasteiger partial charge in [0.25, 0.3) is 5.91 Å². The maximum atomic E-state index is 12.8. The lowest BCUT2D eigenvalue weighted by Crippen LogP contribution is -2.14. The molecule has 0 saturated carbocycles. The van der Waals surface area contributed by atoms with Gasteiger partial charge in [-0.1, -0.05) is 66.6 Å². The summed E-state index contributed by atoms with van der Waals surface area (Å²) in [5.74, 6) is -0.0266. The average molecular weight is 340 g/mol. The summed E-state index contributed by atoms with van der Waals surface area (Å²) in [6.07, 6.45) is 3.18. The van der Waals surface area contributed by atoms with Crippen molar-refractivity contribution in [2.45, 2.75) is 44.9 Å². The van der Waals surface area contributed by atoms with Crippen LogP contribution in [-0.2, 0) is 4.79 Å². The first-order valence-corrected chi connectivity index (χ1v) is 9.22. The van der Waals surface area contributed by atoms with Crippen LogP contribution in [0.2, 0.25) is 0 Å². The van der Waals surface area contributed by atoms with E-state index in [0.29, 0.717) is 0 Å². The van der Waals surface area contributed by atoms with Crippen molar-refractivity contribution in [1.82, 2.24) is 0 Å². The molecule has 0 aliphatic rings. The number of carbonyl (C=O) groups is 1. The van der Waals surface area contributed by atoms with Gasteiger partial charge in [-0.25, -0.2) is 0 Å². The van der Waals surface area contributed by atoms with Crippen LogP contribution in [0.1, 0.15) is 38.7 Å². The van der Waals surface area contributed by atoms with Crippen LogP contribution in [0.4, 0.5) is 5.69 Å². The maximum Gasteiger partial charge on any atom is 0.262 e. The fourth-order valence-electron chi connectivity index (χ4n) is 2.31. The van der Waals surface area contributed by atoms with Crippen LogP contribution in [0.25, 0.3) is 0 Å². The summed E-state index contributed by atoms with van der Waals surface area (Å²) in [5.41, 5.74) is 3.16. The number of thioether (sulfide) groups is 1. The molecular weight excluding hydrogens is 314 g/mol. The molecule has 126 valence electrons. The molecule has 2 rings (SSSR count). The van der Waals surface area contributed by atoms with Gasteiger partial charge < -0.3 is 5.32 Å². The van der Waals surface area contributed by atoms with Crippen LogP contribution in [0.5, 0.6) is 0 Å². The van der Waals surface area contributed by atoms with Crippen molar-refractivity contribution < 1.29 is 4.79 Å². The highest BCUT2D eigenvalue weighted by atomic mass is 32.2. The molecule has 0 spiro atoms. The van der Waals surface area contributed by atoms with E-state index in [1.54, 1.807) is 11.8 Å². The molecule has 0 bridgehead atoms. The highest BCUT2D eigenvalue weighted by Gasteiger charge is 2.15. The summed E-state index contributed by atoms with van der Waals surface area (Å²) in [5, 5.41) is 3.03. The summed E-state index contributed by atoms with van der Waals surface area (Å²) in [6, 6.07) is 18.0. The van der Waals surface area contributed by atoms with E-state index in [1.807, 2.05) is 61.5 Å². The first kappa shape index (κ1) is 18.3. The van der Waals surface area contributed by atoms with Gasteiger partial charge in [-0.3, -0.25) is 4.79 Å². The second-order valence-electron chi connectivity index (χ2n) is 5.95. The first-order chi connectivity index (χ1) is 11.6. The molecule has 3 heteroatoms. The minimum Gasteiger partial charge on any atom is -0.322 e. The number of anilines is 1. The Hall–Kier alpha value is -2.00. The lowest BCUT2D eigenvalue weighted by molar-refractivity contribution is -0.112. The zero-order chi connectivity index (χ0) is 17.4. The topological polar surface area (TPSA) is 29.1 Å². The van der Waals surface area contributed by atoms with Gasteiger partial charge in [0, 0.05) is 10.6 Å². The van der Waals surface area contributed by atoms with Gasteiger partial charge in [0.2, 0.25) is 0 Å². The summed E-state index contributed by atoms with van der Waals surface area (Å²) in [4.78, 5) is 14.7. The minimum atomic E-state index is -0.0266. The van der Waals surface area contributed by atoms with E-state index < -0.39 is 0 Å². The zero-order valence-electron chi connectivity index (χ0n) is 14.6. The van der Waals surface area contributed by atoms with Crippen molar-refractivity contribution >= 4 is 23.4 Å². The number of hydrogen-bond acceptors (Lipinski definition) is 2. The standard InChI is InChI=1S/C21H25NOS/c1-4-5-9-17(3)20(24-19-10-7-6-8-11-19)21(23)22-18-14-12-16(2)13-15-18/h6-8,10-15H,4-5,9H2,1-3H3,(H,22,23)/b20-17-. The molecule has 0 unspecified atom stereocenters. The molecule has 1 N–H and O–H groups in total. The number of rotatable bonds is 7. The van der Waals surface area contributed by atoms with E-state index in [-0.39, 0.29) is 5.91 Å². The molecule has 0 aliphatic heterocycles. The van der Waals surface area contributed by atoms with Gasteiger partial charge in [0.1, 0.15) is 0 Å². The van der Waals surface area contributed by atoms with Gasteiger partial charge in [-0.2, -0.15) is 0 Å². The Morgan fingerprint density at radius 3 is 2.33 bits per heavy atom. The van der Waals surface area contributed by atoms with Gasteiger partial charge in [0.15, 0.2) is 0 Å². The summed E-state index contributed by atoms with van der Waals surface area (Å²) < 4.78 is 0. The Bertz CT molecular complexity index is 690. The molecule has 2 nitrogen and oxygen atoms in total. The number of allylic oxidation sites excluding steroid dienone is 1. The van der Waals surface area contributed by atoms with Crippen molar-refractivity contribution in [2.24, 2.45) is 0 Å². The highest BCUT2D eigenvalue weighted by molar-refractivity contribution is 8.04. The normalized spacial score (nSPS) is 11.8. The predicted molar refractivity (Wildman–Crippen MR) is 104 cm³/mol.